The number of nitrogens with zero attached hydrogens (tertiary/aromatic N) is 1. The van der Waals surface area contributed by atoms with Gasteiger partial charge in [-0.1, -0.05) is 18.5 Å². The van der Waals surface area contributed by atoms with Crippen LogP contribution in [0.3, 0.4) is 0 Å². The van der Waals surface area contributed by atoms with Gasteiger partial charge in [-0.05, 0) is 31.7 Å². The zero-order valence-corrected chi connectivity index (χ0v) is 13.2. The van der Waals surface area contributed by atoms with Crippen LogP contribution in [-0.2, 0) is 9.59 Å². The van der Waals surface area contributed by atoms with Crippen LogP contribution in [0, 0.1) is 0 Å². The minimum Gasteiger partial charge on any atom is -0.397 e. The van der Waals surface area contributed by atoms with Crippen LogP contribution in [0.15, 0.2) is 18.2 Å². The van der Waals surface area contributed by atoms with Crippen LogP contribution in [0.2, 0.25) is 5.02 Å². The fourth-order valence-electron chi connectivity index (χ4n) is 1.82. The number of nitrogens with one attached hydrogen (secondary N) is 2. The predicted molar refractivity (Wildman–Crippen MR) is 85.3 cm³/mol. The molecule has 0 saturated heterocycles. The first-order valence-electron chi connectivity index (χ1n) is 6.69. The summed E-state index contributed by atoms with van der Waals surface area (Å²) in [5.74, 6) is -0.338. The topological polar surface area (TPSA) is 87.5 Å². The molecule has 0 aliphatic rings. The van der Waals surface area contributed by atoms with Crippen molar-refractivity contribution in [2.45, 2.75) is 19.9 Å². The highest BCUT2D eigenvalue weighted by Crippen LogP contribution is 2.22. The Labute approximate surface area is 129 Å². The lowest BCUT2D eigenvalue weighted by atomic mass is 10.2. The molecule has 2 amide bonds. The molecular weight excluding hydrogens is 292 g/mol. The summed E-state index contributed by atoms with van der Waals surface area (Å²) < 4.78 is 0. The van der Waals surface area contributed by atoms with Gasteiger partial charge in [0.25, 0.3) is 0 Å². The largest absolute Gasteiger partial charge is 0.397 e. The number of carbonyl (C=O) groups excluding carboxylic acids is 2. The first-order valence-corrected chi connectivity index (χ1v) is 7.07. The monoisotopic (exact) mass is 312 g/mol. The van der Waals surface area contributed by atoms with E-state index < -0.39 is 6.04 Å². The second-order valence-electron chi connectivity index (χ2n) is 4.64. The van der Waals surface area contributed by atoms with E-state index in [-0.39, 0.29) is 18.4 Å². The molecule has 0 fully saturated rings. The van der Waals surface area contributed by atoms with E-state index in [1.165, 1.54) is 0 Å². The summed E-state index contributed by atoms with van der Waals surface area (Å²) in [4.78, 5) is 25.4. The van der Waals surface area contributed by atoms with Gasteiger partial charge in [-0.2, -0.15) is 0 Å². The number of carbonyl (C=O) groups is 2. The molecule has 116 valence electrons. The van der Waals surface area contributed by atoms with E-state index in [4.69, 9.17) is 17.3 Å². The number of nitrogen functional groups attached to an aromatic ring is 1. The third-order valence-corrected chi connectivity index (χ3v) is 3.57. The van der Waals surface area contributed by atoms with Crippen molar-refractivity contribution in [3.8, 4) is 0 Å². The summed E-state index contributed by atoms with van der Waals surface area (Å²) >= 11 is 5.84. The summed E-state index contributed by atoms with van der Waals surface area (Å²) in [6.07, 6.45) is 0. The molecule has 0 spiro atoms. The molecule has 1 rings (SSSR count). The zero-order chi connectivity index (χ0) is 16.0. The van der Waals surface area contributed by atoms with Crippen molar-refractivity contribution in [2.24, 2.45) is 0 Å². The van der Waals surface area contributed by atoms with Gasteiger partial charge in [-0.25, -0.2) is 0 Å². The molecule has 0 aromatic heterocycles. The number of halogens is 1. The summed E-state index contributed by atoms with van der Waals surface area (Å²) in [5.41, 5.74) is 6.67. The van der Waals surface area contributed by atoms with Crippen molar-refractivity contribution >= 4 is 34.8 Å². The lowest BCUT2D eigenvalue weighted by Crippen LogP contribution is -2.46. The number of amides is 2. The van der Waals surface area contributed by atoms with Gasteiger partial charge < -0.3 is 16.4 Å². The Kier molecular flexibility index (Phi) is 6.45. The zero-order valence-electron chi connectivity index (χ0n) is 12.4. The number of hydrogen-bond acceptors (Lipinski definition) is 4. The van der Waals surface area contributed by atoms with E-state index >= 15 is 0 Å². The molecule has 0 heterocycles. The Morgan fingerprint density at radius 3 is 2.62 bits per heavy atom. The van der Waals surface area contributed by atoms with E-state index in [2.05, 4.69) is 10.6 Å². The Bertz CT molecular complexity index is 522. The summed E-state index contributed by atoms with van der Waals surface area (Å²) in [5, 5.41) is 5.75. The highest BCUT2D eigenvalue weighted by molar-refractivity contribution is 6.33. The van der Waals surface area contributed by atoms with Crippen LogP contribution in [0.5, 0.6) is 0 Å². The van der Waals surface area contributed by atoms with Gasteiger partial charge in [0.2, 0.25) is 11.8 Å². The molecule has 4 N–H and O–H groups in total. The van der Waals surface area contributed by atoms with Crippen molar-refractivity contribution in [1.29, 1.82) is 0 Å². The van der Waals surface area contributed by atoms with Crippen LogP contribution in [-0.4, -0.2) is 42.9 Å². The van der Waals surface area contributed by atoms with E-state index in [0.29, 0.717) is 22.9 Å². The van der Waals surface area contributed by atoms with Gasteiger partial charge in [0.05, 0.1) is 23.3 Å². The van der Waals surface area contributed by atoms with E-state index in [9.17, 15) is 9.59 Å². The maximum Gasteiger partial charge on any atom is 0.241 e. The highest BCUT2D eigenvalue weighted by Gasteiger charge is 2.22. The lowest BCUT2D eigenvalue weighted by Gasteiger charge is -2.26. The molecule has 6 nitrogen and oxygen atoms in total. The minimum absolute atomic E-state index is 0.132. The third-order valence-electron chi connectivity index (χ3n) is 3.22. The lowest BCUT2D eigenvalue weighted by molar-refractivity contribution is -0.125. The Hall–Kier alpha value is -1.79. The number of benzene rings is 1. The van der Waals surface area contributed by atoms with Crippen LogP contribution in [0.4, 0.5) is 11.4 Å². The summed E-state index contributed by atoms with van der Waals surface area (Å²) in [6, 6.07) is 4.46. The molecule has 0 radical (unpaired) electrons. The molecule has 0 aliphatic carbocycles. The molecule has 7 heteroatoms. The smallest absolute Gasteiger partial charge is 0.241 e. The maximum atomic E-state index is 12.2. The van der Waals surface area contributed by atoms with Crippen molar-refractivity contribution < 1.29 is 9.59 Å². The van der Waals surface area contributed by atoms with Crippen molar-refractivity contribution in [2.75, 3.05) is 31.2 Å². The Balaban J connectivity index is 2.72. The van der Waals surface area contributed by atoms with Crippen LogP contribution >= 0.6 is 11.6 Å². The fraction of sp³-hybridized carbons (Fsp3) is 0.429. The van der Waals surface area contributed by atoms with Gasteiger partial charge in [0.1, 0.15) is 0 Å². The quantitative estimate of drug-likeness (QED) is 0.691. The van der Waals surface area contributed by atoms with Crippen LogP contribution in [0.25, 0.3) is 0 Å². The number of nitrogens with two attached hydrogens (primary N) is 1. The molecule has 1 atom stereocenters. The van der Waals surface area contributed by atoms with Gasteiger partial charge in [0, 0.05) is 12.7 Å². The second-order valence-corrected chi connectivity index (χ2v) is 5.04. The van der Waals surface area contributed by atoms with Crippen molar-refractivity contribution in [1.82, 2.24) is 10.2 Å². The molecule has 1 unspecified atom stereocenters. The van der Waals surface area contributed by atoms with Gasteiger partial charge in [0.15, 0.2) is 0 Å². The first kappa shape index (κ1) is 17.3. The average Bonchev–Trinajstić information content (AvgIpc) is 2.47. The van der Waals surface area contributed by atoms with Crippen LogP contribution in [0.1, 0.15) is 13.8 Å². The molecule has 0 aliphatic heterocycles. The van der Waals surface area contributed by atoms with E-state index in [1.807, 2.05) is 6.92 Å². The number of rotatable bonds is 6. The number of hydrogen-bond donors (Lipinski definition) is 3. The Morgan fingerprint density at radius 1 is 1.43 bits per heavy atom. The predicted octanol–water partition coefficient (Wildman–Crippen LogP) is 1.32. The molecule has 0 bridgehead atoms. The maximum absolute atomic E-state index is 12.2. The SMILES string of the molecule is CCN(CC(=O)NC)C(C)C(=O)Nc1ccc(Cl)c(N)c1. The number of likely N-dealkylation sites (N-methyl/N-ethyl adjacent to an activating group) is 2. The van der Waals surface area contributed by atoms with Gasteiger partial charge >= 0.3 is 0 Å². The average molecular weight is 313 g/mol. The van der Waals surface area contributed by atoms with Crippen molar-refractivity contribution in [3.05, 3.63) is 23.2 Å². The van der Waals surface area contributed by atoms with Gasteiger partial charge in [-0.3, -0.25) is 14.5 Å². The second kappa shape index (κ2) is 7.85. The van der Waals surface area contributed by atoms with E-state index in [0.717, 1.165) is 0 Å². The van der Waals surface area contributed by atoms with Gasteiger partial charge in [-0.15, -0.1) is 0 Å². The molecule has 21 heavy (non-hydrogen) atoms. The summed E-state index contributed by atoms with van der Waals surface area (Å²) in [7, 11) is 1.57. The standard InChI is InChI=1S/C14H21ClN4O2/c1-4-19(8-13(20)17-3)9(2)14(21)18-10-5-6-11(15)12(16)7-10/h5-7,9H,4,8,16H2,1-3H3,(H,17,20)(H,18,21). The Morgan fingerprint density at radius 2 is 2.10 bits per heavy atom. The third kappa shape index (κ3) is 4.91. The molecule has 1 aromatic rings. The molecular formula is C14H21ClN4O2. The molecule has 1 aromatic carbocycles. The normalized spacial score (nSPS) is 12.0. The first-order chi connectivity index (χ1) is 9.88. The minimum atomic E-state index is -0.441. The summed E-state index contributed by atoms with van der Waals surface area (Å²) in [6.45, 7) is 4.41. The highest BCUT2D eigenvalue weighted by atomic mass is 35.5. The van der Waals surface area contributed by atoms with E-state index in [1.54, 1.807) is 37.1 Å². The fourth-order valence-corrected chi connectivity index (χ4v) is 1.94. The van der Waals surface area contributed by atoms with Crippen molar-refractivity contribution in [3.63, 3.8) is 0 Å². The van der Waals surface area contributed by atoms with Crippen LogP contribution < -0.4 is 16.4 Å². The number of anilines is 2. The molecule has 0 saturated carbocycles.